The van der Waals surface area contributed by atoms with Crippen LogP contribution in [0, 0.1) is 13.8 Å². The number of carbonyl (C=O) groups is 1. The lowest BCUT2D eigenvalue weighted by atomic mass is 10.0. The minimum Gasteiger partial charge on any atom is -0.463 e. The normalized spacial score (nSPS) is 15.7. The first kappa shape index (κ1) is 24.5. The second-order valence-corrected chi connectivity index (χ2v) is 10.9. The fraction of sp³-hybridized carbons (Fsp3) is 0.222. The van der Waals surface area contributed by atoms with Crippen LogP contribution in [-0.2, 0) is 9.53 Å². The summed E-state index contributed by atoms with van der Waals surface area (Å²) in [6.45, 7) is 7.88. The average molecular weight is 538 g/mol. The number of benzene rings is 1. The van der Waals surface area contributed by atoms with Crippen molar-refractivity contribution in [3.8, 4) is 5.69 Å². The molecule has 0 fully saturated rings. The molecule has 1 atom stereocenters. The third kappa shape index (κ3) is 4.19. The van der Waals surface area contributed by atoms with Gasteiger partial charge in [0.1, 0.15) is 6.04 Å². The molecular formula is C27H24ClN3O3S2. The minimum atomic E-state index is -0.566. The number of hydrogen-bond acceptors (Lipinski definition) is 6. The summed E-state index contributed by atoms with van der Waals surface area (Å²) in [6.07, 6.45) is 1.91. The molecule has 6 nitrogen and oxygen atoms in total. The Morgan fingerprint density at radius 3 is 2.61 bits per heavy atom. The lowest BCUT2D eigenvalue weighted by Crippen LogP contribution is -2.39. The Balaban J connectivity index is 1.67. The monoisotopic (exact) mass is 537 g/mol. The van der Waals surface area contributed by atoms with Crippen LogP contribution in [0.25, 0.3) is 11.8 Å². The highest BCUT2D eigenvalue weighted by atomic mass is 35.5. The first-order chi connectivity index (χ1) is 17.3. The number of fused-ring (bicyclic) bond motifs is 1. The van der Waals surface area contributed by atoms with E-state index in [4.69, 9.17) is 16.3 Å². The predicted octanol–water partition coefficient (Wildman–Crippen LogP) is 4.92. The Hall–Kier alpha value is -3.20. The van der Waals surface area contributed by atoms with Gasteiger partial charge in [0.05, 0.1) is 22.4 Å². The van der Waals surface area contributed by atoms with Gasteiger partial charge in [-0.05, 0) is 81.1 Å². The Bertz CT molecular complexity index is 1670. The van der Waals surface area contributed by atoms with Gasteiger partial charge in [-0.25, -0.2) is 9.79 Å². The Morgan fingerprint density at radius 1 is 1.19 bits per heavy atom. The highest BCUT2D eigenvalue weighted by Gasteiger charge is 2.33. The molecule has 4 heterocycles. The van der Waals surface area contributed by atoms with Crippen molar-refractivity contribution in [2.75, 3.05) is 6.61 Å². The van der Waals surface area contributed by atoms with Crippen molar-refractivity contribution in [2.24, 2.45) is 4.99 Å². The highest BCUT2D eigenvalue weighted by molar-refractivity contribution is 7.10. The number of ether oxygens (including phenoxy) is 1. The molecule has 0 saturated heterocycles. The topological polar surface area (TPSA) is 65.6 Å². The molecular weight excluding hydrogens is 514 g/mol. The van der Waals surface area contributed by atoms with Crippen LogP contribution in [0.15, 0.2) is 68.9 Å². The zero-order valence-corrected chi connectivity index (χ0v) is 22.6. The number of nitrogens with zero attached hydrogens (tertiary/aromatic N) is 3. The van der Waals surface area contributed by atoms with Crippen molar-refractivity contribution in [1.29, 1.82) is 0 Å². The summed E-state index contributed by atoms with van der Waals surface area (Å²) in [7, 11) is 0. The number of carbonyl (C=O) groups excluding carboxylic acids is 1. The van der Waals surface area contributed by atoms with E-state index in [9.17, 15) is 9.59 Å². The third-order valence-electron chi connectivity index (χ3n) is 6.17. The van der Waals surface area contributed by atoms with Crippen LogP contribution in [0.4, 0.5) is 0 Å². The van der Waals surface area contributed by atoms with Crippen LogP contribution in [0.5, 0.6) is 0 Å². The predicted molar refractivity (Wildman–Crippen MR) is 145 cm³/mol. The zero-order valence-electron chi connectivity index (χ0n) is 20.2. The van der Waals surface area contributed by atoms with Crippen LogP contribution < -0.4 is 14.9 Å². The van der Waals surface area contributed by atoms with E-state index in [1.807, 2.05) is 61.7 Å². The molecule has 36 heavy (non-hydrogen) atoms. The number of rotatable bonds is 5. The second kappa shape index (κ2) is 9.69. The van der Waals surface area contributed by atoms with Gasteiger partial charge in [-0.15, -0.1) is 11.3 Å². The van der Waals surface area contributed by atoms with Crippen LogP contribution in [0.3, 0.4) is 0 Å². The van der Waals surface area contributed by atoms with Gasteiger partial charge >= 0.3 is 5.97 Å². The number of esters is 1. The molecule has 0 saturated carbocycles. The van der Waals surface area contributed by atoms with Crippen LogP contribution >= 0.6 is 34.3 Å². The Kier molecular flexibility index (Phi) is 6.59. The maximum atomic E-state index is 13.8. The first-order valence-electron chi connectivity index (χ1n) is 11.5. The van der Waals surface area contributed by atoms with E-state index in [0.717, 1.165) is 27.5 Å². The molecule has 0 bridgehead atoms. The third-order valence-corrected chi connectivity index (χ3v) is 8.33. The molecule has 0 aliphatic carbocycles. The van der Waals surface area contributed by atoms with Crippen molar-refractivity contribution in [3.05, 3.63) is 106 Å². The van der Waals surface area contributed by atoms with Crippen LogP contribution in [0.1, 0.15) is 41.7 Å². The number of thiazole rings is 1. The quantitative estimate of drug-likeness (QED) is 0.339. The standard InChI is InChI=1S/C27H24ClN3O3S2/c1-5-34-26(33)23-16(3)29-27-31(24(23)21-7-6-12-35-21)25(32)22(36-27)14-18-13-15(2)30(17(18)4)20-10-8-19(28)9-11-20/h6-14,24H,5H2,1-4H3/b22-14+/t24-/m0/s1. The largest absolute Gasteiger partial charge is 0.463 e. The summed E-state index contributed by atoms with van der Waals surface area (Å²) in [5.74, 6) is -0.446. The van der Waals surface area contributed by atoms with Gasteiger partial charge in [0.25, 0.3) is 5.56 Å². The van der Waals surface area contributed by atoms with Gasteiger partial charge in [0.15, 0.2) is 4.80 Å². The molecule has 5 rings (SSSR count). The van der Waals surface area contributed by atoms with Gasteiger partial charge in [-0.3, -0.25) is 9.36 Å². The lowest BCUT2D eigenvalue weighted by Gasteiger charge is -2.23. The Morgan fingerprint density at radius 2 is 1.94 bits per heavy atom. The average Bonchev–Trinajstić information content (AvgIpc) is 3.54. The van der Waals surface area contributed by atoms with E-state index in [1.54, 1.807) is 18.4 Å². The van der Waals surface area contributed by atoms with E-state index in [1.165, 1.54) is 22.7 Å². The molecule has 9 heteroatoms. The van der Waals surface area contributed by atoms with Crippen molar-refractivity contribution < 1.29 is 9.53 Å². The summed E-state index contributed by atoms with van der Waals surface area (Å²) >= 11 is 8.90. The van der Waals surface area contributed by atoms with Crippen LogP contribution in [0.2, 0.25) is 5.02 Å². The van der Waals surface area contributed by atoms with Gasteiger partial charge in [0.2, 0.25) is 0 Å². The lowest BCUT2D eigenvalue weighted by molar-refractivity contribution is -0.139. The highest BCUT2D eigenvalue weighted by Crippen LogP contribution is 2.33. The molecule has 0 N–H and O–H groups in total. The maximum absolute atomic E-state index is 13.8. The summed E-state index contributed by atoms with van der Waals surface area (Å²) in [6, 6.07) is 13.0. The van der Waals surface area contributed by atoms with Gasteiger partial charge in [-0.1, -0.05) is 29.0 Å². The van der Waals surface area contributed by atoms with Crippen molar-refractivity contribution in [1.82, 2.24) is 9.13 Å². The number of aryl methyl sites for hydroxylation is 1. The molecule has 0 amide bonds. The fourth-order valence-electron chi connectivity index (χ4n) is 4.57. The first-order valence-corrected chi connectivity index (χ1v) is 13.6. The number of thiophene rings is 1. The van der Waals surface area contributed by atoms with E-state index < -0.39 is 12.0 Å². The molecule has 1 aromatic carbocycles. The van der Waals surface area contributed by atoms with Gasteiger partial charge in [0, 0.05) is 27.0 Å². The van der Waals surface area contributed by atoms with E-state index in [-0.39, 0.29) is 12.2 Å². The Labute approximate surface area is 221 Å². The van der Waals surface area contributed by atoms with Gasteiger partial charge < -0.3 is 9.30 Å². The maximum Gasteiger partial charge on any atom is 0.338 e. The molecule has 1 aliphatic heterocycles. The zero-order chi connectivity index (χ0) is 25.6. The minimum absolute atomic E-state index is 0.178. The summed E-state index contributed by atoms with van der Waals surface area (Å²) in [5, 5.41) is 2.62. The van der Waals surface area contributed by atoms with Crippen molar-refractivity contribution >= 4 is 46.3 Å². The molecule has 184 valence electrons. The van der Waals surface area contributed by atoms with Crippen molar-refractivity contribution in [2.45, 2.75) is 33.7 Å². The molecule has 1 aliphatic rings. The number of aromatic nitrogens is 2. The number of allylic oxidation sites excluding steroid dienone is 1. The van der Waals surface area contributed by atoms with E-state index in [0.29, 0.717) is 25.6 Å². The number of hydrogen-bond donors (Lipinski definition) is 0. The molecule has 4 aromatic rings. The van der Waals surface area contributed by atoms with Gasteiger partial charge in [-0.2, -0.15) is 0 Å². The smallest absolute Gasteiger partial charge is 0.338 e. The molecule has 0 unspecified atom stereocenters. The molecule has 3 aromatic heterocycles. The second-order valence-electron chi connectivity index (χ2n) is 8.46. The summed E-state index contributed by atoms with van der Waals surface area (Å²) < 4.78 is 9.66. The van der Waals surface area contributed by atoms with E-state index >= 15 is 0 Å². The molecule has 0 radical (unpaired) electrons. The van der Waals surface area contributed by atoms with Crippen LogP contribution in [-0.4, -0.2) is 21.7 Å². The van der Waals surface area contributed by atoms with Crippen molar-refractivity contribution in [3.63, 3.8) is 0 Å². The molecule has 0 spiro atoms. The summed E-state index contributed by atoms with van der Waals surface area (Å²) in [4.78, 5) is 32.8. The summed E-state index contributed by atoms with van der Waals surface area (Å²) in [5.41, 5.74) is 4.80. The van der Waals surface area contributed by atoms with E-state index in [2.05, 4.69) is 15.6 Å². The SMILES string of the molecule is CCOC(=O)C1=C(C)N=c2s/c(=C/c3cc(C)n(-c4ccc(Cl)cc4)c3C)c(=O)n2[C@H]1c1cccs1. The number of halogens is 1. The fourth-order valence-corrected chi connectivity index (χ4v) is 6.56.